The quantitative estimate of drug-likeness (QED) is 0.0839. The van der Waals surface area contributed by atoms with E-state index in [2.05, 4.69) is 26.8 Å². The average molecular weight is 1050 g/mol. The molecule has 0 aromatic carbocycles. The summed E-state index contributed by atoms with van der Waals surface area (Å²) in [5.41, 5.74) is 1.07. The predicted octanol–water partition coefficient (Wildman–Crippen LogP) is -1.98. The van der Waals surface area contributed by atoms with Crippen LogP contribution in [0.15, 0.2) is 11.6 Å². The fourth-order valence-electron chi connectivity index (χ4n) is 14.9. The van der Waals surface area contributed by atoms with Gasteiger partial charge < -0.3 is 109 Å². The highest BCUT2D eigenvalue weighted by Crippen LogP contribution is 2.70. The molecule has 6 unspecified atom stereocenters. The van der Waals surface area contributed by atoms with E-state index in [4.69, 9.17) is 42.6 Å². The Morgan fingerprint density at radius 1 is 0.644 bits per heavy atom. The van der Waals surface area contributed by atoms with Gasteiger partial charge in [-0.1, -0.05) is 39.3 Å². The van der Waals surface area contributed by atoms with E-state index in [0.29, 0.717) is 43.4 Å². The second-order valence-electron chi connectivity index (χ2n) is 23.8. The Balaban J connectivity index is 0.846. The summed E-state index contributed by atoms with van der Waals surface area (Å²) in [6.07, 6.45) is -20.5. The van der Waals surface area contributed by atoms with Crippen LogP contribution in [0.3, 0.4) is 0 Å². The molecule has 22 heteroatoms. The number of ether oxygens (including phenoxy) is 9. The summed E-state index contributed by atoms with van der Waals surface area (Å²) in [4.78, 5) is 0. The van der Waals surface area contributed by atoms with Gasteiger partial charge in [0.2, 0.25) is 0 Å². The van der Waals surface area contributed by atoms with Crippen LogP contribution in [0.5, 0.6) is 0 Å². The number of hydrogen-bond acceptors (Lipinski definition) is 22. The van der Waals surface area contributed by atoms with E-state index >= 15 is 0 Å². The summed E-state index contributed by atoms with van der Waals surface area (Å²) in [5.74, 6) is -0.232. The van der Waals surface area contributed by atoms with E-state index in [1.165, 1.54) is 19.4 Å². The Morgan fingerprint density at radius 2 is 1.23 bits per heavy atom. The number of allylic oxidation sites excluding steroid dienone is 1. The molecule has 0 radical (unpaired) electrons. The van der Waals surface area contributed by atoms with Gasteiger partial charge in [-0.05, 0) is 106 Å². The van der Waals surface area contributed by atoms with Crippen molar-refractivity contribution in [1.82, 2.24) is 0 Å². The lowest BCUT2D eigenvalue weighted by molar-refractivity contribution is -0.388. The minimum absolute atomic E-state index is 0.0589. The predicted molar refractivity (Wildman–Crippen MR) is 249 cm³/mol. The molecule has 0 bridgehead atoms. The van der Waals surface area contributed by atoms with Gasteiger partial charge in [0.1, 0.15) is 85.5 Å². The maximum absolute atomic E-state index is 12.1. The van der Waals surface area contributed by atoms with Gasteiger partial charge in [-0.25, -0.2) is 0 Å². The Hall–Kier alpha value is -1.14. The van der Waals surface area contributed by atoms with E-state index in [0.717, 1.165) is 32.1 Å². The van der Waals surface area contributed by atoms with Crippen LogP contribution in [0, 0.1) is 46.3 Å². The maximum Gasteiger partial charge on any atom is 0.187 e. The lowest BCUT2D eigenvalue weighted by atomic mass is 9.47. The molecule has 0 spiro atoms. The molecule has 22 nitrogen and oxygen atoms in total. The van der Waals surface area contributed by atoms with Gasteiger partial charge in [0.25, 0.3) is 0 Å². The van der Waals surface area contributed by atoms with Crippen molar-refractivity contribution in [2.75, 3.05) is 19.8 Å². The first-order chi connectivity index (χ1) is 34.5. The summed E-state index contributed by atoms with van der Waals surface area (Å²) >= 11 is 0. The van der Waals surface area contributed by atoms with Gasteiger partial charge in [-0.3, -0.25) is 0 Å². The van der Waals surface area contributed by atoms with Gasteiger partial charge in [-0.15, -0.1) is 0 Å². The van der Waals surface area contributed by atoms with Crippen LogP contribution in [-0.2, 0) is 42.6 Å². The molecule has 9 aliphatic rings. The second kappa shape index (κ2) is 21.8. The third kappa shape index (κ3) is 10.2. The molecule has 5 saturated heterocycles. The van der Waals surface area contributed by atoms with Crippen molar-refractivity contribution >= 4 is 0 Å². The number of aliphatic hydroxyl groups excluding tert-OH is 12. The summed E-state index contributed by atoms with van der Waals surface area (Å²) in [6, 6.07) is 0. The highest BCUT2D eigenvalue weighted by atomic mass is 16.8. The molecule has 4 aliphatic carbocycles. The van der Waals surface area contributed by atoms with E-state index in [1.54, 1.807) is 0 Å². The molecule has 0 amide bonds. The van der Waals surface area contributed by atoms with E-state index in [1.807, 2.05) is 6.92 Å². The van der Waals surface area contributed by atoms with E-state index < -0.39 is 148 Å². The number of fused-ring (bicyclic) bond motifs is 7. The fourth-order valence-corrected chi connectivity index (χ4v) is 14.9. The van der Waals surface area contributed by atoms with E-state index in [-0.39, 0.29) is 41.3 Å². The van der Waals surface area contributed by atoms with Crippen molar-refractivity contribution in [2.24, 2.45) is 46.3 Å². The molecule has 5 heterocycles. The van der Waals surface area contributed by atoms with Crippen LogP contribution in [0.1, 0.15) is 99.3 Å². The van der Waals surface area contributed by atoms with Crippen LogP contribution in [0.2, 0.25) is 0 Å². The number of rotatable bonds is 14. The molecular formula is C51H84O22. The maximum atomic E-state index is 12.1. The molecule has 0 aromatic heterocycles. The van der Waals surface area contributed by atoms with Gasteiger partial charge in [0, 0.05) is 12.3 Å². The van der Waals surface area contributed by atoms with Crippen molar-refractivity contribution in [3.63, 3.8) is 0 Å². The first-order valence-electron chi connectivity index (χ1n) is 26.8. The topological polar surface area (TPSA) is 346 Å². The van der Waals surface area contributed by atoms with Crippen molar-refractivity contribution in [3.05, 3.63) is 11.6 Å². The van der Waals surface area contributed by atoms with Crippen molar-refractivity contribution in [3.8, 4) is 0 Å². The summed E-state index contributed by atoms with van der Waals surface area (Å²) < 4.78 is 54.6. The van der Waals surface area contributed by atoms with Crippen molar-refractivity contribution in [1.29, 1.82) is 0 Å². The zero-order chi connectivity index (χ0) is 52.8. The monoisotopic (exact) mass is 1050 g/mol. The molecule has 0 aromatic rings. The zero-order valence-corrected chi connectivity index (χ0v) is 42.7. The molecular weight excluding hydrogens is 965 g/mol. The fraction of sp³-hybridized carbons (Fsp3) is 0.961. The molecule has 420 valence electrons. The minimum Gasteiger partial charge on any atom is -0.394 e. The lowest BCUT2D eigenvalue weighted by Crippen LogP contribution is -2.66. The third-order valence-corrected chi connectivity index (χ3v) is 19.5. The molecule has 31 atom stereocenters. The SMILES string of the molecule is CC1C2[C@H](CC3[C@@H]4CC=C5C[C@@H](O[C@@H]6O[C@H](CO)[C@@H](O[C@@H]7O[C@@H](C)[C@H](O)[C@@H](O)[C@H]7O)[C@H](O)C6O[C@H]6O[C@H](C)[C@@H](O)[C@H](O)[C@@H]6O)CC[C@]5(C)C4CC[C@@]32C)OC1(O)CC[C@@H](C)CO[C@@H]1O[C@H](CO)[C@@H](O)[C@H](O)[C@H]1O. The summed E-state index contributed by atoms with van der Waals surface area (Å²) in [5, 5.41) is 139. The lowest BCUT2D eigenvalue weighted by Gasteiger charge is -2.58. The van der Waals surface area contributed by atoms with E-state index in [9.17, 15) is 66.4 Å². The molecule has 5 aliphatic heterocycles. The molecule has 13 N–H and O–H groups in total. The second-order valence-corrected chi connectivity index (χ2v) is 23.8. The molecule has 3 saturated carbocycles. The zero-order valence-electron chi connectivity index (χ0n) is 42.7. The Morgan fingerprint density at radius 3 is 1.86 bits per heavy atom. The average Bonchev–Trinajstić information content (AvgIpc) is 3.80. The van der Waals surface area contributed by atoms with Crippen LogP contribution < -0.4 is 0 Å². The van der Waals surface area contributed by atoms with Crippen LogP contribution >= 0.6 is 0 Å². The molecule has 8 fully saturated rings. The summed E-state index contributed by atoms with van der Waals surface area (Å²) in [6.45, 7) is 10.7. The Labute approximate surface area is 426 Å². The normalized spacial score (nSPS) is 55.5. The minimum atomic E-state index is -1.75. The number of hydrogen-bond donors (Lipinski definition) is 13. The van der Waals surface area contributed by atoms with Gasteiger partial charge in [0.15, 0.2) is 30.9 Å². The van der Waals surface area contributed by atoms with Crippen LogP contribution in [0.25, 0.3) is 0 Å². The smallest absolute Gasteiger partial charge is 0.187 e. The third-order valence-electron chi connectivity index (χ3n) is 19.5. The van der Waals surface area contributed by atoms with Crippen molar-refractivity contribution < 1.29 is 109 Å². The molecule has 73 heavy (non-hydrogen) atoms. The van der Waals surface area contributed by atoms with Crippen LogP contribution in [0.4, 0.5) is 0 Å². The first-order valence-corrected chi connectivity index (χ1v) is 26.8. The number of aliphatic hydroxyl groups is 13. The summed E-state index contributed by atoms with van der Waals surface area (Å²) in [7, 11) is 0. The Kier molecular flexibility index (Phi) is 16.9. The highest BCUT2D eigenvalue weighted by molar-refractivity contribution is 5.26. The van der Waals surface area contributed by atoms with Gasteiger partial charge in [-0.2, -0.15) is 0 Å². The Bertz CT molecular complexity index is 1900. The van der Waals surface area contributed by atoms with Gasteiger partial charge >= 0.3 is 0 Å². The molecule has 9 rings (SSSR count). The van der Waals surface area contributed by atoms with Crippen LogP contribution in [-0.4, -0.2) is 227 Å². The van der Waals surface area contributed by atoms with Crippen molar-refractivity contribution in [2.45, 2.75) is 240 Å². The first kappa shape index (κ1) is 56.6. The van der Waals surface area contributed by atoms with Gasteiger partial charge in [0.05, 0.1) is 44.2 Å². The largest absolute Gasteiger partial charge is 0.394 e. The standard InChI is InChI=1S/C51H84O22/c1-20(19-65-45-39(60)38(59)35(56)30(17-52)69-45)9-14-51(64)21(2)32-29(73-51)16-28-26-8-7-24-15-25(10-12-49(24,5)27(26)11-13-50(28,32)6)68-48-44(72-47-41(62)37(58)34(55)23(4)67-47)42(63)43(31(18-53)70-48)71-46-40(61)36(57)33(54)22(3)66-46/h7,20-23,25-48,52-64H,8-19H2,1-6H3/t20-,21?,22+,23-,25+,26-,27?,28?,29+,30-,31-,32?,33+,34-,35-,36-,37+,38+,39-,40-,41+,42+,43-,44?,45-,46+,47-,48-,49+,50+,51?/m1/s1. The highest BCUT2D eigenvalue weighted by Gasteiger charge is 2.68.